The first-order valence-electron chi connectivity index (χ1n) is 19.5. The van der Waals surface area contributed by atoms with Gasteiger partial charge in [0.1, 0.15) is 0 Å². The Morgan fingerprint density at radius 2 is 1.23 bits per heavy atom. The maximum absolute atomic E-state index is 6.88. The van der Waals surface area contributed by atoms with E-state index < -0.39 is 0 Å². The highest BCUT2D eigenvalue weighted by Crippen LogP contribution is 2.47. The van der Waals surface area contributed by atoms with E-state index in [0.29, 0.717) is 0 Å². The van der Waals surface area contributed by atoms with Crippen molar-refractivity contribution >= 4 is 102 Å². The van der Waals surface area contributed by atoms with Crippen LogP contribution in [0, 0.1) is 0 Å². The molecule has 1 unspecified atom stereocenters. The van der Waals surface area contributed by atoms with Crippen molar-refractivity contribution < 1.29 is 0 Å². The minimum absolute atomic E-state index is 0.261. The van der Waals surface area contributed by atoms with Crippen LogP contribution in [0.3, 0.4) is 0 Å². The van der Waals surface area contributed by atoms with Crippen molar-refractivity contribution in [3.05, 3.63) is 199 Å². The van der Waals surface area contributed by atoms with Gasteiger partial charge in [0.2, 0.25) is 0 Å². The van der Waals surface area contributed by atoms with Crippen LogP contribution in [0.15, 0.2) is 194 Å². The SMILES string of the molecule is NC1C=CC=C/C1=C(/Nn1c2ccccc2c2c3c4ccccc4c(-c4ccc5sc6ccccc6c5c4)cc3c3ccccc3c21)c1ccc2ccccc2c1. The fourth-order valence-electron chi connectivity index (χ4n) is 9.34. The van der Waals surface area contributed by atoms with Gasteiger partial charge in [0.15, 0.2) is 0 Å². The summed E-state index contributed by atoms with van der Waals surface area (Å²) in [6.07, 6.45) is 8.33. The quantitative estimate of drug-likeness (QED) is 0.176. The van der Waals surface area contributed by atoms with Crippen molar-refractivity contribution in [2.45, 2.75) is 6.04 Å². The maximum atomic E-state index is 6.88. The van der Waals surface area contributed by atoms with Gasteiger partial charge in [-0.25, -0.2) is 0 Å². The van der Waals surface area contributed by atoms with Crippen LogP contribution in [0.2, 0.25) is 0 Å². The van der Waals surface area contributed by atoms with Gasteiger partial charge < -0.3 is 5.73 Å². The van der Waals surface area contributed by atoms with Gasteiger partial charge in [-0.2, -0.15) is 0 Å². The standard InChI is InChI=1S/C53H35N3S/c54-46-22-10-7-20-41(46)52(35-26-25-32-13-1-2-14-33(32)29-35)55-56-47-23-11-8-21-42(47)51-50-39-18-5-3-15-36(39)43(31-45(50)37-16-4-6-19-40(37)53(51)56)34-27-28-49-44(30-34)38-17-9-12-24-48(38)57-49/h1-31,46,55H,54H2/b52-41-. The predicted octanol–water partition coefficient (Wildman–Crippen LogP) is 13.9. The second kappa shape index (κ2) is 12.5. The smallest absolute Gasteiger partial charge is 0.0794 e. The lowest BCUT2D eigenvalue weighted by molar-refractivity contribution is 0.959. The number of thiophene rings is 1. The molecule has 1 aliphatic rings. The van der Waals surface area contributed by atoms with Crippen LogP contribution < -0.4 is 11.2 Å². The molecule has 57 heavy (non-hydrogen) atoms. The van der Waals surface area contributed by atoms with E-state index in [-0.39, 0.29) is 6.04 Å². The number of allylic oxidation sites excluding steroid dienone is 2. The fraction of sp³-hybridized carbons (Fsp3) is 0.0189. The molecule has 0 saturated carbocycles. The average Bonchev–Trinajstić information content (AvgIpc) is 3.81. The number of aromatic nitrogens is 1. The molecule has 4 heteroatoms. The van der Waals surface area contributed by atoms with Gasteiger partial charge in [-0.1, -0.05) is 152 Å². The molecular formula is C53H35N3S. The van der Waals surface area contributed by atoms with E-state index in [1.54, 1.807) is 0 Å². The van der Waals surface area contributed by atoms with Crippen LogP contribution >= 0.6 is 11.3 Å². The van der Waals surface area contributed by atoms with E-state index in [2.05, 4.69) is 192 Å². The van der Waals surface area contributed by atoms with Crippen molar-refractivity contribution in [1.82, 2.24) is 4.68 Å². The third-order valence-corrected chi connectivity index (χ3v) is 13.1. The van der Waals surface area contributed by atoms with Gasteiger partial charge >= 0.3 is 0 Å². The number of rotatable bonds is 4. The van der Waals surface area contributed by atoms with E-state index in [0.717, 1.165) is 27.9 Å². The number of hydrogen-bond donors (Lipinski definition) is 2. The van der Waals surface area contributed by atoms with Crippen molar-refractivity contribution in [1.29, 1.82) is 0 Å². The van der Waals surface area contributed by atoms with Crippen LogP contribution in [0.4, 0.5) is 0 Å². The van der Waals surface area contributed by atoms with Crippen molar-refractivity contribution in [2.75, 3.05) is 5.43 Å². The topological polar surface area (TPSA) is 43.0 Å². The molecule has 0 fully saturated rings. The minimum Gasteiger partial charge on any atom is -0.321 e. The molecule has 0 saturated heterocycles. The van der Waals surface area contributed by atoms with Crippen LogP contribution in [0.5, 0.6) is 0 Å². The average molecular weight is 746 g/mol. The number of hydrogen-bond acceptors (Lipinski definition) is 3. The zero-order valence-electron chi connectivity index (χ0n) is 30.9. The highest BCUT2D eigenvalue weighted by atomic mass is 32.1. The number of fused-ring (bicyclic) bond motifs is 14. The first-order valence-corrected chi connectivity index (χ1v) is 20.3. The second-order valence-electron chi connectivity index (χ2n) is 15.1. The molecule has 268 valence electrons. The molecule has 0 radical (unpaired) electrons. The van der Waals surface area contributed by atoms with E-state index >= 15 is 0 Å². The fourth-order valence-corrected chi connectivity index (χ4v) is 10.4. The van der Waals surface area contributed by atoms with E-state index in [1.807, 2.05) is 17.4 Å². The zero-order valence-corrected chi connectivity index (χ0v) is 31.7. The van der Waals surface area contributed by atoms with Gasteiger partial charge in [0.25, 0.3) is 0 Å². The molecule has 2 heterocycles. The molecule has 1 aliphatic carbocycles. The monoisotopic (exact) mass is 745 g/mol. The first-order chi connectivity index (χ1) is 28.2. The predicted molar refractivity (Wildman–Crippen MR) is 247 cm³/mol. The van der Waals surface area contributed by atoms with Crippen molar-refractivity contribution in [3.63, 3.8) is 0 Å². The van der Waals surface area contributed by atoms with Crippen molar-refractivity contribution in [2.24, 2.45) is 5.73 Å². The highest BCUT2D eigenvalue weighted by molar-refractivity contribution is 7.25. The summed E-state index contributed by atoms with van der Waals surface area (Å²) in [4.78, 5) is 0. The molecular weight excluding hydrogens is 711 g/mol. The Balaban J connectivity index is 1.18. The minimum atomic E-state index is -0.261. The summed E-state index contributed by atoms with van der Waals surface area (Å²) < 4.78 is 4.96. The number of nitrogens with two attached hydrogens (primary N) is 1. The maximum Gasteiger partial charge on any atom is 0.0794 e. The summed E-state index contributed by atoms with van der Waals surface area (Å²) >= 11 is 1.86. The largest absolute Gasteiger partial charge is 0.321 e. The number of para-hydroxylation sites is 1. The van der Waals surface area contributed by atoms with Crippen molar-refractivity contribution in [3.8, 4) is 11.1 Å². The lowest BCUT2D eigenvalue weighted by Gasteiger charge is -2.23. The Hall–Kier alpha value is -6.98. The molecule has 12 rings (SSSR count). The summed E-state index contributed by atoms with van der Waals surface area (Å²) in [5, 5.41) is 14.9. The van der Waals surface area contributed by atoms with Crippen LogP contribution in [-0.2, 0) is 0 Å². The lowest BCUT2D eigenvalue weighted by atomic mass is 9.88. The second-order valence-corrected chi connectivity index (χ2v) is 16.2. The Kier molecular flexibility index (Phi) is 7.09. The summed E-state index contributed by atoms with van der Waals surface area (Å²) in [6, 6.07) is 59.9. The molecule has 11 aromatic rings. The zero-order chi connectivity index (χ0) is 37.6. The number of nitrogens with zero attached hydrogens (tertiary/aromatic N) is 1. The Morgan fingerprint density at radius 1 is 0.526 bits per heavy atom. The van der Waals surface area contributed by atoms with Gasteiger partial charge in [-0.05, 0) is 85.4 Å². The molecule has 2 aromatic heterocycles. The van der Waals surface area contributed by atoms with Gasteiger partial charge in [0, 0.05) is 47.3 Å². The Morgan fingerprint density at radius 3 is 2.09 bits per heavy atom. The Labute approximate surface area is 332 Å². The van der Waals surface area contributed by atoms with E-state index in [9.17, 15) is 0 Å². The summed E-state index contributed by atoms with van der Waals surface area (Å²) in [6.45, 7) is 0. The molecule has 0 aliphatic heterocycles. The van der Waals surface area contributed by atoms with Gasteiger partial charge in [-0.15, -0.1) is 11.3 Å². The summed E-state index contributed by atoms with van der Waals surface area (Å²) in [5.74, 6) is 0. The van der Waals surface area contributed by atoms with Crippen LogP contribution in [-0.4, -0.2) is 10.7 Å². The number of nitrogens with one attached hydrogen (secondary N) is 1. The molecule has 3 nitrogen and oxygen atoms in total. The first kappa shape index (κ1) is 32.3. The summed E-state index contributed by atoms with van der Waals surface area (Å²) in [7, 11) is 0. The molecule has 9 aromatic carbocycles. The Bertz CT molecular complexity index is 3580. The number of benzene rings is 9. The molecule has 1 atom stereocenters. The van der Waals surface area contributed by atoms with Gasteiger partial charge in [0.05, 0.1) is 22.8 Å². The summed E-state index contributed by atoms with van der Waals surface area (Å²) in [5.41, 5.74) is 18.7. The van der Waals surface area contributed by atoms with Crippen LogP contribution in [0.25, 0.3) is 102 Å². The van der Waals surface area contributed by atoms with Gasteiger partial charge in [-0.3, -0.25) is 10.1 Å². The van der Waals surface area contributed by atoms with E-state index in [1.165, 1.54) is 85.2 Å². The molecule has 0 spiro atoms. The molecule has 3 N–H and O–H groups in total. The molecule has 0 bridgehead atoms. The third-order valence-electron chi connectivity index (χ3n) is 11.9. The van der Waals surface area contributed by atoms with Crippen LogP contribution in [0.1, 0.15) is 5.56 Å². The lowest BCUT2D eigenvalue weighted by Crippen LogP contribution is -2.25. The normalized spacial score (nSPS) is 15.4. The highest BCUT2D eigenvalue weighted by Gasteiger charge is 2.23. The molecule has 0 amide bonds. The van der Waals surface area contributed by atoms with E-state index in [4.69, 9.17) is 5.73 Å². The third kappa shape index (κ3) is 4.88.